The molecule has 1 aliphatic carbocycles. The van der Waals surface area contributed by atoms with Crippen LogP contribution in [0.3, 0.4) is 0 Å². The van der Waals surface area contributed by atoms with E-state index in [0.29, 0.717) is 16.9 Å². The summed E-state index contributed by atoms with van der Waals surface area (Å²) in [5, 5.41) is 0. The molecule has 1 aromatic heterocycles. The van der Waals surface area contributed by atoms with Crippen molar-refractivity contribution in [3.8, 4) is 0 Å². The summed E-state index contributed by atoms with van der Waals surface area (Å²) in [5.41, 5.74) is 0.848. The van der Waals surface area contributed by atoms with Crippen molar-refractivity contribution in [3.05, 3.63) is 27.9 Å². The Morgan fingerprint density at radius 2 is 1.95 bits per heavy atom. The summed E-state index contributed by atoms with van der Waals surface area (Å²) in [6.07, 6.45) is 6.29. The Balaban J connectivity index is 2.06. The van der Waals surface area contributed by atoms with Crippen molar-refractivity contribution in [1.82, 2.24) is 9.97 Å². The first-order valence-electron chi connectivity index (χ1n) is 7.06. The molecule has 4 heteroatoms. The molecule has 0 atom stereocenters. The summed E-state index contributed by atoms with van der Waals surface area (Å²) < 4.78 is 0. The van der Waals surface area contributed by atoms with Gasteiger partial charge in [0.1, 0.15) is 5.82 Å². The number of halogens is 1. The van der Waals surface area contributed by atoms with Gasteiger partial charge < -0.3 is 4.98 Å². The van der Waals surface area contributed by atoms with Crippen LogP contribution in [0.1, 0.15) is 63.8 Å². The summed E-state index contributed by atoms with van der Waals surface area (Å²) in [4.78, 5) is 19.0. The van der Waals surface area contributed by atoms with Crippen LogP contribution in [0.25, 0.3) is 0 Å². The quantitative estimate of drug-likeness (QED) is 0.838. The van der Waals surface area contributed by atoms with E-state index in [0.717, 1.165) is 24.6 Å². The Morgan fingerprint density at radius 3 is 2.42 bits per heavy atom. The zero-order chi connectivity index (χ0) is 14.0. The second-order valence-corrected chi connectivity index (χ2v) is 6.94. The van der Waals surface area contributed by atoms with Gasteiger partial charge in [-0.05, 0) is 37.0 Å². The molecule has 0 spiro atoms. The van der Waals surface area contributed by atoms with E-state index in [-0.39, 0.29) is 11.4 Å². The SMILES string of the molecule is CC(C)(C)C1CCC(c2ncc(CCl)c(=O)[nH]2)CC1. The third-order valence-corrected chi connectivity index (χ3v) is 4.66. The van der Waals surface area contributed by atoms with E-state index in [1.54, 1.807) is 6.20 Å². The van der Waals surface area contributed by atoms with E-state index < -0.39 is 0 Å². The molecule has 19 heavy (non-hydrogen) atoms. The first-order valence-corrected chi connectivity index (χ1v) is 7.59. The lowest BCUT2D eigenvalue weighted by atomic mass is 9.70. The number of H-pyrrole nitrogens is 1. The molecule has 1 N–H and O–H groups in total. The lowest BCUT2D eigenvalue weighted by Gasteiger charge is -2.36. The standard InChI is InChI=1S/C15H23ClN2O/c1-15(2,3)12-6-4-10(5-7-12)13-17-9-11(8-16)14(19)18-13/h9-10,12H,4-8H2,1-3H3,(H,17,18,19). The van der Waals surface area contributed by atoms with Gasteiger partial charge in [-0.2, -0.15) is 0 Å². The predicted octanol–water partition coefficient (Wildman–Crippen LogP) is 3.83. The van der Waals surface area contributed by atoms with Gasteiger partial charge in [-0.15, -0.1) is 11.6 Å². The Kier molecular flexibility index (Phi) is 4.34. The second kappa shape index (κ2) is 5.66. The zero-order valence-corrected chi connectivity index (χ0v) is 12.8. The molecule has 106 valence electrons. The van der Waals surface area contributed by atoms with Gasteiger partial charge in [0.2, 0.25) is 0 Å². The van der Waals surface area contributed by atoms with Crippen LogP contribution < -0.4 is 5.56 Å². The first-order chi connectivity index (χ1) is 8.91. The number of nitrogens with one attached hydrogen (secondary N) is 1. The molecule has 0 amide bonds. The molecule has 2 rings (SSSR count). The van der Waals surface area contributed by atoms with Gasteiger partial charge >= 0.3 is 0 Å². The van der Waals surface area contributed by atoms with E-state index in [1.165, 1.54) is 12.8 Å². The van der Waals surface area contributed by atoms with Gasteiger partial charge in [0.05, 0.1) is 11.4 Å². The number of alkyl halides is 1. The highest BCUT2D eigenvalue weighted by atomic mass is 35.5. The molecule has 1 aromatic rings. The van der Waals surface area contributed by atoms with Crippen LogP contribution in [-0.2, 0) is 5.88 Å². The van der Waals surface area contributed by atoms with Crippen LogP contribution in [0.2, 0.25) is 0 Å². The Hall–Kier alpha value is -0.830. The number of hydrogen-bond acceptors (Lipinski definition) is 2. The van der Waals surface area contributed by atoms with Gasteiger partial charge in [0, 0.05) is 12.1 Å². The van der Waals surface area contributed by atoms with Crippen molar-refractivity contribution in [2.45, 2.75) is 58.3 Å². The van der Waals surface area contributed by atoms with Gasteiger partial charge in [-0.1, -0.05) is 20.8 Å². The Labute approximate surface area is 119 Å². The predicted molar refractivity (Wildman–Crippen MR) is 78.6 cm³/mol. The fourth-order valence-corrected chi connectivity index (χ4v) is 3.16. The smallest absolute Gasteiger partial charge is 0.255 e. The van der Waals surface area contributed by atoms with Crippen molar-refractivity contribution in [2.75, 3.05) is 0 Å². The molecule has 1 fully saturated rings. The topological polar surface area (TPSA) is 45.8 Å². The van der Waals surface area contributed by atoms with Crippen LogP contribution >= 0.6 is 11.6 Å². The van der Waals surface area contributed by atoms with Gasteiger partial charge in [0.25, 0.3) is 5.56 Å². The highest BCUT2D eigenvalue weighted by molar-refractivity contribution is 6.17. The minimum Gasteiger partial charge on any atom is -0.310 e. The fraction of sp³-hybridized carbons (Fsp3) is 0.733. The number of hydrogen-bond donors (Lipinski definition) is 1. The molecule has 0 aromatic carbocycles. The monoisotopic (exact) mass is 282 g/mol. The molecular weight excluding hydrogens is 260 g/mol. The first kappa shape index (κ1) is 14.6. The average Bonchev–Trinajstić information content (AvgIpc) is 2.38. The fourth-order valence-electron chi connectivity index (χ4n) is 2.97. The summed E-state index contributed by atoms with van der Waals surface area (Å²) in [5.74, 6) is 2.24. The average molecular weight is 283 g/mol. The maximum absolute atomic E-state index is 11.8. The normalized spacial score (nSPS) is 24.4. The van der Waals surface area contributed by atoms with E-state index in [9.17, 15) is 4.79 Å². The third-order valence-electron chi connectivity index (χ3n) is 4.38. The van der Waals surface area contributed by atoms with Gasteiger partial charge in [-0.3, -0.25) is 4.79 Å². The van der Waals surface area contributed by atoms with Crippen molar-refractivity contribution in [1.29, 1.82) is 0 Å². The lowest BCUT2D eigenvalue weighted by Crippen LogP contribution is -2.27. The van der Waals surface area contributed by atoms with Crippen LogP contribution in [0.5, 0.6) is 0 Å². The largest absolute Gasteiger partial charge is 0.310 e. The van der Waals surface area contributed by atoms with Crippen molar-refractivity contribution in [2.24, 2.45) is 11.3 Å². The molecule has 3 nitrogen and oxygen atoms in total. The third kappa shape index (κ3) is 3.38. The van der Waals surface area contributed by atoms with E-state index in [1.807, 2.05) is 0 Å². The summed E-state index contributed by atoms with van der Waals surface area (Å²) in [6, 6.07) is 0. The van der Waals surface area contributed by atoms with E-state index in [4.69, 9.17) is 11.6 Å². The van der Waals surface area contributed by atoms with Crippen LogP contribution in [0, 0.1) is 11.3 Å². The minimum absolute atomic E-state index is 0.0852. The van der Waals surface area contributed by atoms with Crippen molar-refractivity contribution < 1.29 is 0 Å². The molecule has 1 aliphatic rings. The molecule has 1 heterocycles. The van der Waals surface area contributed by atoms with Crippen LogP contribution in [0.15, 0.2) is 11.0 Å². The van der Waals surface area contributed by atoms with Crippen molar-refractivity contribution in [3.63, 3.8) is 0 Å². The number of aromatic amines is 1. The summed E-state index contributed by atoms with van der Waals surface area (Å²) >= 11 is 5.68. The summed E-state index contributed by atoms with van der Waals surface area (Å²) in [6.45, 7) is 6.94. The molecule has 0 unspecified atom stereocenters. The van der Waals surface area contributed by atoms with Crippen molar-refractivity contribution >= 4 is 11.6 Å². The maximum atomic E-state index is 11.8. The van der Waals surface area contributed by atoms with Crippen LogP contribution in [0.4, 0.5) is 0 Å². The highest BCUT2D eigenvalue weighted by Crippen LogP contribution is 2.42. The molecule has 0 bridgehead atoms. The zero-order valence-electron chi connectivity index (χ0n) is 12.0. The Bertz CT molecular complexity index is 482. The minimum atomic E-state index is -0.0852. The number of aromatic nitrogens is 2. The molecule has 0 aliphatic heterocycles. The number of rotatable bonds is 2. The number of nitrogens with zero attached hydrogens (tertiary/aromatic N) is 1. The van der Waals surface area contributed by atoms with Gasteiger partial charge in [0.15, 0.2) is 0 Å². The second-order valence-electron chi connectivity index (χ2n) is 6.67. The van der Waals surface area contributed by atoms with Gasteiger partial charge in [-0.25, -0.2) is 4.98 Å². The lowest BCUT2D eigenvalue weighted by molar-refractivity contribution is 0.167. The molecule has 1 saturated carbocycles. The Morgan fingerprint density at radius 1 is 1.32 bits per heavy atom. The molecule has 0 saturated heterocycles. The summed E-state index contributed by atoms with van der Waals surface area (Å²) in [7, 11) is 0. The molecular formula is C15H23ClN2O. The maximum Gasteiger partial charge on any atom is 0.255 e. The van der Waals surface area contributed by atoms with E-state index >= 15 is 0 Å². The highest BCUT2D eigenvalue weighted by Gasteiger charge is 2.31. The molecule has 0 radical (unpaired) electrons. The van der Waals surface area contributed by atoms with Crippen LogP contribution in [-0.4, -0.2) is 9.97 Å². The van der Waals surface area contributed by atoms with E-state index in [2.05, 4.69) is 30.7 Å².